The number of para-hydroxylation sites is 1. The molecule has 0 aliphatic rings. The van der Waals surface area contributed by atoms with Crippen LogP contribution in [0.4, 0.5) is 22.7 Å². The molecule has 0 spiro atoms. The Morgan fingerprint density at radius 3 is 2.19 bits per heavy atom. The molecule has 14 nitrogen and oxygen atoms in total. The number of rotatable bonds is 6. The van der Waals surface area contributed by atoms with Crippen LogP contribution in [-0.4, -0.2) is 36.8 Å². The number of nitrogens with zero attached hydrogens (tertiary/aromatic N) is 3. The maximum absolute atomic E-state index is 13.1. The van der Waals surface area contributed by atoms with Crippen LogP contribution < -0.4 is 69.5 Å². The van der Waals surface area contributed by atoms with Crippen molar-refractivity contribution in [2.24, 2.45) is 10.2 Å². The van der Waals surface area contributed by atoms with Gasteiger partial charge in [-0.25, -0.2) is 8.42 Å². The summed E-state index contributed by atoms with van der Waals surface area (Å²) >= 11 is 0. The zero-order valence-corrected chi connectivity index (χ0v) is 24.5. The van der Waals surface area contributed by atoms with Gasteiger partial charge in [0.1, 0.15) is 10.1 Å². The smallest absolute Gasteiger partial charge is 0.870 e. The number of carbonyl (C=O) groups is 1. The van der Waals surface area contributed by atoms with Crippen molar-refractivity contribution < 1.29 is 99.9 Å². The summed E-state index contributed by atoms with van der Waals surface area (Å²) in [6.07, 6.45) is 0. The number of hydrogen-bond acceptors (Lipinski definition) is 11. The molecule has 0 heterocycles. The number of nitro groups is 1. The van der Waals surface area contributed by atoms with E-state index in [0.29, 0.717) is 6.07 Å². The van der Waals surface area contributed by atoms with Gasteiger partial charge in [0.25, 0.3) is 15.8 Å². The van der Waals surface area contributed by atoms with E-state index in [1.54, 1.807) is 0 Å². The summed E-state index contributed by atoms with van der Waals surface area (Å²) in [4.78, 5) is 19.9. The largest absolute Gasteiger partial charge is 1.00 e. The quantitative estimate of drug-likeness (QED) is 0.0997. The first-order chi connectivity index (χ1) is 15.7. The number of benzene rings is 3. The zero-order chi connectivity index (χ0) is 25.4. The standard InChI is InChI=1S/C18H14N4O10S2.2Na/c1-9(23)19-13-8-11(33(27,28)29)6-10-7-15(34(30,31)32)17(18(24)16(10)13)21-20-12-4-2-3-5-14(12)22(25)26;;/h2-8,24H,1H3,(H,19,23)(H,27,28,29)(H,30,31,32);;/q;2*+1/p-2. The maximum Gasteiger partial charge on any atom is 1.00 e. The second-order valence-electron chi connectivity index (χ2n) is 6.68. The monoisotopic (exact) mass is 554 g/mol. The van der Waals surface area contributed by atoms with Crippen LogP contribution in [0.5, 0.6) is 5.75 Å². The number of hydrogen-bond donors (Lipinski definition) is 2. The van der Waals surface area contributed by atoms with E-state index in [1.165, 1.54) is 12.1 Å². The number of nitro benzene ring substituents is 1. The predicted octanol–water partition coefficient (Wildman–Crippen LogP) is -3.65. The number of nitrogens with one attached hydrogen (secondary N) is 1. The zero-order valence-electron chi connectivity index (χ0n) is 18.8. The van der Waals surface area contributed by atoms with Gasteiger partial charge in [0.05, 0.1) is 20.4 Å². The number of amides is 1. The summed E-state index contributed by atoms with van der Waals surface area (Å²) in [5, 5.41) is 32.6. The van der Waals surface area contributed by atoms with E-state index in [1.807, 2.05) is 0 Å². The van der Waals surface area contributed by atoms with Crippen molar-refractivity contribution in [1.82, 2.24) is 0 Å². The van der Waals surface area contributed by atoms with Crippen molar-refractivity contribution >= 4 is 59.7 Å². The molecule has 0 bridgehead atoms. The van der Waals surface area contributed by atoms with Crippen LogP contribution in [0.25, 0.3) is 10.8 Å². The molecule has 3 aromatic carbocycles. The summed E-state index contributed by atoms with van der Waals surface area (Å²) < 4.78 is 68.1. The molecule has 178 valence electrons. The van der Waals surface area contributed by atoms with Crippen molar-refractivity contribution in [2.45, 2.75) is 16.7 Å². The Morgan fingerprint density at radius 2 is 1.67 bits per heavy atom. The normalized spacial score (nSPS) is 11.5. The van der Waals surface area contributed by atoms with Crippen molar-refractivity contribution in [2.75, 3.05) is 5.32 Å². The maximum atomic E-state index is 13.1. The van der Waals surface area contributed by atoms with Crippen LogP contribution in [0.2, 0.25) is 0 Å². The van der Waals surface area contributed by atoms with Crippen LogP contribution in [0, 0.1) is 10.1 Å². The average Bonchev–Trinajstić information content (AvgIpc) is 2.70. The van der Waals surface area contributed by atoms with Crippen LogP contribution in [0.1, 0.15) is 6.92 Å². The van der Waals surface area contributed by atoms with Gasteiger partial charge < -0.3 is 15.0 Å². The van der Waals surface area contributed by atoms with Gasteiger partial charge in [0, 0.05) is 18.7 Å². The van der Waals surface area contributed by atoms with Crippen LogP contribution in [0.15, 0.2) is 62.5 Å². The van der Waals surface area contributed by atoms with E-state index in [4.69, 9.17) is 0 Å². The molecule has 36 heavy (non-hydrogen) atoms. The third-order valence-electron chi connectivity index (χ3n) is 4.32. The molecule has 0 fully saturated rings. The molecule has 0 aliphatic carbocycles. The molecule has 0 saturated carbocycles. The van der Waals surface area contributed by atoms with Crippen molar-refractivity contribution in [3.63, 3.8) is 0 Å². The number of carbonyl (C=O) groups excluding carboxylic acids is 1. The van der Waals surface area contributed by atoms with Gasteiger partial charge in [-0.1, -0.05) is 17.9 Å². The first-order valence-corrected chi connectivity index (χ1v) is 11.7. The average molecular weight is 554 g/mol. The van der Waals surface area contributed by atoms with E-state index in [-0.39, 0.29) is 64.8 Å². The molecule has 0 aromatic heterocycles. The Morgan fingerprint density at radius 1 is 1.06 bits per heavy atom. The van der Waals surface area contributed by atoms with E-state index in [0.717, 1.165) is 31.2 Å². The molecule has 3 aromatic rings. The SMILES string of the molecule is CC(=O)Nc1cc(S(=O)(=O)O)cc2cc(S(=O)(=O)[O-])c(N=Nc3ccccc3[N+](=O)[O-])c([O-])c12.[Na+].[Na+]. The minimum Gasteiger partial charge on any atom is -0.870 e. The summed E-state index contributed by atoms with van der Waals surface area (Å²) in [6, 6.07) is 6.99. The predicted molar refractivity (Wildman–Crippen MR) is 113 cm³/mol. The number of anilines is 1. The molecule has 3 rings (SSSR count). The summed E-state index contributed by atoms with van der Waals surface area (Å²) in [5.74, 6) is -2.00. The first-order valence-electron chi connectivity index (χ1n) is 8.88. The van der Waals surface area contributed by atoms with Gasteiger partial charge in [0.2, 0.25) is 5.91 Å². The van der Waals surface area contributed by atoms with Crippen LogP contribution >= 0.6 is 0 Å². The summed E-state index contributed by atoms with van der Waals surface area (Å²) in [6.45, 7) is 1.03. The Kier molecular flexibility index (Phi) is 10.7. The molecule has 18 heteroatoms. The molecule has 0 unspecified atom stereocenters. The Bertz CT molecular complexity index is 1610. The minimum absolute atomic E-state index is 0. The van der Waals surface area contributed by atoms with Gasteiger partial charge >= 0.3 is 59.1 Å². The Labute approximate surface area is 248 Å². The summed E-state index contributed by atoms with van der Waals surface area (Å²) in [5.41, 5.74) is -2.33. The summed E-state index contributed by atoms with van der Waals surface area (Å²) in [7, 11) is -10.3. The molecule has 0 saturated heterocycles. The number of fused-ring (bicyclic) bond motifs is 1. The van der Waals surface area contributed by atoms with E-state index in [2.05, 4.69) is 15.5 Å². The van der Waals surface area contributed by atoms with Crippen LogP contribution in [-0.2, 0) is 25.0 Å². The molecular weight excluding hydrogens is 542 g/mol. The molecule has 0 atom stereocenters. The van der Waals surface area contributed by atoms with Gasteiger partial charge in [-0.05, 0) is 35.0 Å². The second-order valence-corrected chi connectivity index (χ2v) is 9.45. The molecule has 2 N–H and O–H groups in total. The van der Waals surface area contributed by atoms with E-state index in [9.17, 15) is 46.0 Å². The molecular formula is C18H12N4Na2O10S2. The van der Waals surface area contributed by atoms with E-state index < -0.39 is 74.4 Å². The van der Waals surface area contributed by atoms with Gasteiger partial charge in [-0.15, -0.1) is 10.2 Å². The van der Waals surface area contributed by atoms with E-state index >= 15 is 0 Å². The van der Waals surface area contributed by atoms with Crippen molar-refractivity contribution in [1.29, 1.82) is 0 Å². The first kappa shape index (κ1) is 32.0. The fourth-order valence-corrected chi connectivity index (χ4v) is 4.16. The minimum atomic E-state index is -5.40. The van der Waals surface area contributed by atoms with Crippen LogP contribution in [0.3, 0.4) is 0 Å². The third-order valence-corrected chi connectivity index (χ3v) is 6.00. The molecule has 0 radical (unpaired) electrons. The molecule has 0 aliphatic heterocycles. The topological polar surface area (TPSA) is 232 Å². The number of azo groups is 1. The fourth-order valence-electron chi connectivity index (χ4n) is 2.97. The third kappa shape index (κ3) is 7.06. The van der Waals surface area contributed by atoms with Crippen molar-refractivity contribution in [3.05, 3.63) is 52.6 Å². The second kappa shape index (κ2) is 12.0. The Balaban J connectivity index is 0.00000324. The fraction of sp³-hybridized carbons (Fsp3) is 0.0556. The Hall–Kier alpha value is -1.99. The molecule has 1 amide bonds. The van der Waals surface area contributed by atoms with Gasteiger partial charge in [-0.3, -0.25) is 19.5 Å². The van der Waals surface area contributed by atoms with Gasteiger partial charge in [-0.2, -0.15) is 8.42 Å². The van der Waals surface area contributed by atoms with Gasteiger partial charge in [0.15, 0.2) is 5.69 Å². The van der Waals surface area contributed by atoms with Crippen molar-refractivity contribution in [3.8, 4) is 5.75 Å².